The zero-order valence-corrected chi connectivity index (χ0v) is 32.3. The Labute approximate surface area is 304 Å². The van der Waals surface area contributed by atoms with E-state index < -0.39 is 47.4 Å². The highest BCUT2D eigenvalue weighted by atomic mass is 32.2. The van der Waals surface area contributed by atoms with Gasteiger partial charge in [0.2, 0.25) is 10.0 Å². The Morgan fingerprint density at radius 1 is 0.902 bits per heavy atom. The van der Waals surface area contributed by atoms with Crippen molar-refractivity contribution < 1.29 is 32.1 Å². The van der Waals surface area contributed by atoms with Gasteiger partial charge in [-0.25, -0.2) is 17.9 Å². The van der Waals surface area contributed by atoms with Crippen LogP contribution >= 0.6 is 11.3 Å². The van der Waals surface area contributed by atoms with Gasteiger partial charge in [0.1, 0.15) is 6.04 Å². The van der Waals surface area contributed by atoms with Gasteiger partial charge in [0.05, 0.1) is 29.6 Å². The van der Waals surface area contributed by atoms with Gasteiger partial charge in [-0.2, -0.15) is 0 Å². The van der Waals surface area contributed by atoms with Crippen LogP contribution in [0.3, 0.4) is 0 Å². The lowest BCUT2D eigenvalue weighted by molar-refractivity contribution is -0.384. The molecule has 1 amide bonds. The maximum absolute atomic E-state index is 14.0. The van der Waals surface area contributed by atoms with E-state index in [1.807, 2.05) is 72.8 Å². The topological polar surface area (TPSA) is 154 Å². The molecule has 1 heterocycles. The van der Waals surface area contributed by atoms with E-state index in [4.69, 9.17) is 9.16 Å². The number of aryl methyl sites for hydroxylation is 1. The van der Waals surface area contributed by atoms with Crippen molar-refractivity contribution in [3.63, 3.8) is 0 Å². The van der Waals surface area contributed by atoms with Crippen molar-refractivity contribution in [2.24, 2.45) is 0 Å². The van der Waals surface area contributed by atoms with Crippen molar-refractivity contribution in [1.29, 1.82) is 0 Å². The molecule has 0 aliphatic heterocycles. The van der Waals surface area contributed by atoms with Crippen molar-refractivity contribution in [3.8, 4) is 0 Å². The fraction of sp³-hybridized carbons (Fsp3) is 0.351. The van der Waals surface area contributed by atoms with Gasteiger partial charge >= 0.3 is 6.09 Å². The smallest absolute Gasteiger partial charge is 0.407 e. The van der Waals surface area contributed by atoms with Crippen molar-refractivity contribution in [3.05, 3.63) is 128 Å². The zero-order valence-electron chi connectivity index (χ0n) is 29.6. The monoisotopic (exact) mass is 751 g/mol. The number of alkyl carbamates (subject to hydrolysis) is 1. The normalized spacial score (nSPS) is 13.4. The van der Waals surface area contributed by atoms with Crippen LogP contribution in [0.2, 0.25) is 18.1 Å². The van der Waals surface area contributed by atoms with E-state index in [-0.39, 0.29) is 34.4 Å². The Balaban J connectivity index is 1.59. The second-order valence-electron chi connectivity index (χ2n) is 13.7. The molecule has 0 fully saturated rings. The van der Waals surface area contributed by atoms with E-state index in [2.05, 4.69) is 43.9 Å². The Kier molecular flexibility index (Phi) is 13.1. The van der Waals surface area contributed by atoms with Crippen LogP contribution in [0.25, 0.3) is 0 Å². The lowest BCUT2D eigenvalue weighted by atomic mass is 9.82. The number of thiophene rings is 1. The number of rotatable bonds is 16. The van der Waals surface area contributed by atoms with Crippen LogP contribution in [0.1, 0.15) is 60.0 Å². The van der Waals surface area contributed by atoms with Gasteiger partial charge in [0, 0.05) is 34.2 Å². The summed E-state index contributed by atoms with van der Waals surface area (Å²) in [6.07, 6.45) is -0.261. The minimum atomic E-state index is -4.09. The Morgan fingerprint density at radius 3 is 1.98 bits per heavy atom. The van der Waals surface area contributed by atoms with Crippen LogP contribution in [0, 0.1) is 10.1 Å². The summed E-state index contributed by atoms with van der Waals surface area (Å²) in [5.41, 5.74) is 1.51. The molecule has 0 aliphatic rings. The molecule has 272 valence electrons. The van der Waals surface area contributed by atoms with Crippen LogP contribution in [0.4, 0.5) is 10.5 Å². The summed E-state index contributed by atoms with van der Waals surface area (Å²) in [5, 5.41) is 13.8. The molecule has 51 heavy (non-hydrogen) atoms. The van der Waals surface area contributed by atoms with Gasteiger partial charge < -0.3 is 14.5 Å². The minimum absolute atomic E-state index is 0.0720. The van der Waals surface area contributed by atoms with Crippen molar-refractivity contribution in [1.82, 2.24) is 10.0 Å². The number of nitrogens with one attached hydrogen (secondary N) is 2. The molecule has 0 saturated carbocycles. The molecule has 11 nitrogen and oxygen atoms in total. The summed E-state index contributed by atoms with van der Waals surface area (Å²) in [6.45, 7) is 10.5. The Morgan fingerprint density at radius 2 is 1.47 bits per heavy atom. The highest BCUT2D eigenvalue weighted by Gasteiger charge is 2.38. The lowest BCUT2D eigenvalue weighted by Gasteiger charge is -2.37. The number of methoxy groups -OCH3 is 1. The number of nitrogens with zero attached hydrogens (tertiary/aromatic N) is 1. The number of carbonyl (C=O) groups excluding carboxylic acids is 2. The summed E-state index contributed by atoms with van der Waals surface area (Å²) < 4.78 is 41.2. The van der Waals surface area contributed by atoms with Crippen LogP contribution in [0.15, 0.2) is 102 Å². The third-order valence-corrected chi connectivity index (χ3v) is 16.4. The molecule has 0 bridgehead atoms. The molecule has 0 aliphatic carbocycles. The maximum Gasteiger partial charge on any atom is 0.407 e. The molecule has 2 N–H and O–H groups in total. The van der Waals surface area contributed by atoms with E-state index in [1.165, 1.54) is 30.6 Å². The van der Waals surface area contributed by atoms with E-state index in [9.17, 15) is 28.1 Å². The second kappa shape index (κ2) is 16.9. The SMILES string of the molecule is COC(=O)N[C@H](C(=O)CCc1ccc([C@@H](CO[Si](C)(C)C(C)(C)C)NS(=O)(=O)c2ccc([N+](=O)[O-])cc2)s1)C(c1ccccc1)c1ccccc1. The number of Topliss-reactive ketones (excluding diaryl/α,β-unsaturated/α-hetero) is 1. The second-order valence-corrected chi connectivity index (χ2v) is 21.4. The average molecular weight is 752 g/mol. The van der Waals surface area contributed by atoms with Crippen molar-refractivity contribution >= 4 is 47.2 Å². The molecule has 0 saturated heterocycles. The summed E-state index contributed by atoms with van der Waals surface area (Å²) in [7, 11) is -5.13. The number of hydrogen-bond acceptors (Lipinski definition) is 9. The Bertz CT molecular complexity index is 1860. The number of amides is 1. The van der Waals surface area contributed by atoms with Crippen LogP contribution in [-0.2, 0) is 30.4 Å². The standard InChI is InChI=1S/C37H45N3O8S2Si/c1-37(2,3)51(5,6)48-25-31(39-50(45,46)30-21-17-28(18-22-30)40(43)44)33-24-20-29(49-33)19-23-32(41)35(38-36(42)47-4)34(26-13-9-7-10-14-26)27-15-11-8-12-16-27/h7-18,20-22,24,31,34-35,39H,19,23,25H2,1-6H3,(H,38,42)/t31-,35-/m1/s1. The summed E-state index contributed by atoms with van der Waals surface area (Å²) in [6, 6.07) is 25.7. The van der Waals surface area contributed by atoms with Crippen LogP contribution in [-0.4, -0.2) is 53.3 Å². The number of sulfonamides is 1. The van der Waals surface area contributed by atoms with E-state index in [1.54, 1.807) is 0 Å². The number of benzene rings is 3. The molecule has 4 aromatic rings. The number of nitro benzene ring substituents is 1. The molecule has 3 aromatic carbocycles. The van der Waals surface area contributed by atoms with Gasteiger partial charge in [-0.1, -0.05) is 81.4 Å². The number of non-ortho nitro benzene ring substituents is 1. The predicted molar refractivity (Wildman–Crippen MR) is 201 cm³/mol. The van der Waals surface area contributed by atoms with Gasteiger partial charge in [-0.15, -0.1) is 11.3 Å². The van der Waals surface area contributed by atoms with Crippen LogP contribution in [0.5, 0.6) is 0 Å². The number of nitro groups is 1. The first-order valence-electron chi connectivity index (χ1n) is 16.5. The molecule has 4 rings (SSSR count). The van der Waals surface area contributed by atoms with Crippen molar-refractivity contribution in [2.75, 3.05) is 13.7 Å². The fourth-order valence-electron chi connectivity index (χ4n) is 5.24. The van der Waals surface area contributed by atoms with Gasteiger partial charge in [0.15, 0.2) is 14.1 Å². The number of ether oxygens (including phenoxy) is 1. The summed E-state index contributed by atoms with van der Waals surface area (Å²) >= 11 is 1.37. The fourth-order valence-corrected chi connectivity index (χ4v) is 8.58. The predicted octanol–water partition coefficient (Wildman–Crippen LogP) is 7.76. The molecular formula is C37H45N3O8S2Si. The third kappa shape index (κ3) is 10.4. The third-order valence-electron chi connectivity index (χ3n) is 9.17. The maximum atomic E-state index is 14.0. The van der Waals surface area contributed by atoms with E-state index in [0.717, 1.165) is 28.1 Å². The summed E-state index contributed by atoms with van der Waals surface area (Å²) in [4.78, 5) is 38.5. The number of hydrogen-bond donors (Lipinski definition) is 2. The molecule has 0 radical (unpaired) electrons. The molecular weight excluding hydrogens is 707 g/mol. The minimum Gasteiger partial charge on any atom is -0.453 e. The quantitative estimate of drug-likeness (QED) is 0.0669. The van der Waals surface area contributed by atoms with E-state index in [0.29, 0.717) is 11.3 Å². The Hall–Kier alpha value is -4.21. The highest BCUT2D eigenvalue weighted by Crippen LogP contribution is 2.38. The number of carbonyl (C=O) groups is 2. The first-order valence-corrected chi connectivity index (χ1v) is 21.7. The van der Waals surface area contributed by atoms with Gasteiger partial charge in [-0.05, 0) is 59.9 Å². The average Bonchev–Trinajstić information content (AvgIpc) is 3.58. The first-order chi connectivity index (χ1) is 24.0. The molecule has 0 unspecified atom stereocenters. The molecule has 2 atom stereocenters. The first kappa shape index (κ1) is 39.6. The number of ketones is 1. The zero-order chi connectivity index (χ0) is 37.4. The highest BCUT2D eigenvalue weighted by molar-refractivity contribution is 7.89. The molecule has 14 heteroatoms. The summed E-state index contributed by atoms with van der Waals surface area (Å²) in [5.74, 6) is -0.659. The lowest BCUT2D eigenvalue weighted by Crippen LogP contribution is -2.45. The van der Waals surface area contributed by atoms with Gasteiger partial charge in [-0.3, -0.25) is 14.9 Å². The molecule has 1 aromatic heterocycles. The molecule has 0 spiro atoms. The van der Waals surface area contributed by atoms with Crippen molar-refractivity contribution in [2.45, 2.75) is 74.6 Å². The largest absolute Gasteiger partial charge is 0.453 e. The van der Waals surface area contributed by atoms with Gasteiger partial charge in [0.25, 0.3) is 5.69 Å². The van der Waals surface area contributed by atoms with E-state index >= 15 is 0 Å². The van der Waals surface area contributed by atoms with Crippen LogP contribution < -0.4 is 10.0 Å².